The SMILES string of the molecule is CC(C)C1(C)CC1C(=O)N1CCC(C)(NC(=O)CCc2ccncc2)C1. The van der Waals surface area contributed by atoms with E-state index < -0.39 is 0 Å². The number of hydrogen-bond acceptors (Lipinski definition) is 3. The average Bonchev–Trinajstić information content (AvgIpc) is 3.16. The van der Waals surface area contributed by atoms with E-state index in [1.54, 1.807) is 12.4 Å². The average molecular weight is 357 g/mol. The summed E-state index contributed by atoms with van der Waals surface area (Å²) in [5.74, 6) is 1.01. The highest BCUT2D eigenvalue weighted by atomic mass is 16.2. The fourth-order valence-corrected chi connectivity index (χ4v) is 4.07. The van der Waals surface area contributed by atoms with Crippen molar-refractivity contribution < 1.29 is 9.59 Å². The Kier molecular flexibility index (Phi) is 5.09. The Labute approximate surface area is 156 Å². The minimum absolute atomic E-state index is 0.0528. The van der Waals surface area contributed by atoms with Crippen LogP contribution in [-0.4, -0.2) is 40.3 Å². The van der Waals surface area contributed by atoms with E-state index >= 15 is 0 Å². The fourth-order valence-electron chi connectivity index (χ4n) is 4.07. The van der Waals surface area contributed by atoms with Crippen LogP contribution in [0.25, 0.3) is 0 Å². The normalized spacial score (nSPS) is 30.5. The van der Waals surface area contributed by atoms with Gasteiger partial charge in [-0.05, 0) is 55.2 Å². The molecule has 1 saturated carbocycles. The molecule has 5 heteroatoms. The summed E-state index contributed by atoms with van der Waals surface area (Å²) in [5.41, 5.74) is 0.961. The second-order valence-corrected chi connectivity index (χ2v) is 8.89. The van der Waals surface area contributed by atoms with Crippen LogP contribution in [0.5, 0.6) is 0 Å². The summed E-state index contributed by atoms with van der Waals surface area (Å²) in [6.45, 7) is 10.0. The maximum Gasteiger partial charge on any atom is 0.226 e. The molecule has 2 heterocycles. The highest BCUT2D eigenvalue weighted by Gasteiger charge is 2.58. The Morgan fingerprint density at radius 3 is 2.62 bits per heavy atom. The predicted molar refractivity (Wildman–Crippen MR) is 101 cm³/mol. The van der Waals surface area contributed by atoms with Crippen LogP contribution in [0.3, 0.4) is 0 Å². The zero-order valence-corrected chi connectivity index (χ0v) is 16.4. The van der Waals surface area contributed by atoms with E-state index in [0.717, 1.165) is 24.9 Å². The molecule has 5 nitrogen and oxygen atoms in total. The Bertz CT molecular complexity index is 675. The van der Waals surface area contributed by atoms with Gasteiger partial charge in [0.2, 0.25) is 11.8 Å². The topological polar surface area (TPSA) is 62.3 Å². The lowest BCUT2D eigenvalue weighted by Crippen LogP contribution is -2.48. The quantitative estimate of drug-likeness (QED) is 0.851. The number of likely N-dealkylation sites (tertiary alicyclic amines) is 1. The first-order valence-corrected chi connectivity index (χ1v) is 9.72. The van der Waals surface area contributed by atoms with Crippen LogP contribution in [0.1, 0.15) is 52.5 Å². The molecule has 0 bridgehead atoms. The first-order chi connectivity index (χ1) is 12.2. The summed E-state index contributed by atoms with van der Waals surface area (Å²) in [6, 6.07) is 3.87. The summed E-state index contributed by atoms with van der Waals surface area (Å²) in [5, 5.41) is 3.16. The zero-order valence-electron chi connectivity index (χ0n) is 16.4. The third-order valence-corrected chi connectivity index (χ3v) is 6.51. The molecular weight excluding hydrogens is 326 g/mol. The summed E-state index contributed by atoms with van der Waals surface area (Å²) >= 11 is 0. The van der Waals surface area contributed by atoms with Gasteiger partial charge in [-0.15, -0.1) is 0 Å². The lowest BCUT2D eigenvalue weighted by Gasteiger charge is -2.27. The molecule has 2 fully saturated rings. The van der Waals surface area contributed by atoms with E-state index in [-0.39, 0.29) is 28.7 Å². The molecule has 0 spiro atoms. The molecule has 26 heavy (non-hydrogen) atoms. The number of carbonyl (C=O) groups is 2. The number of aryl methyl sites for hydroxylation is 1. The second kappa shape index (κ2) is 7.01. The van der Waals surface area contributed by atoms with Gasteiger partial charge in [-0.3, -0.25) is 14.6 Å². The molecule has 0 radical (unpaired) electrons. The van der Waals surface area contributed by atoms with Crippen molar-refractivity contribution in [2.75, 3.05) is 13.1 Å². The Morgan fingerprint density at radius 2 is 2.00 bits per heavy atom. The molecule has 1 N–H and O–H groups in total. The fraction of sp³-hybridized carbons (Fsp3) is 0.667. The second-order valence-electron chi connectivity index (χ2n) is 8.89. The van der Waals surface area contributed by atoms with Crippen LogP contribution in [0.2, 0.25) is 0 Å². The summed E-state index contributed by atoms with van der Waals surface area (Å²) in [6.07, 6.45) is 6.49. The van der Waals surface area contributed by atoms with Crippen LogP contribution in [0.4, 0.5) is 0 Å². The number of carbonyl (C=O) groups excluding carboxylic acids is 2. The molecule has 142 valence electrons. The third kappa shape index (κ3) is 3.92. The lowest BCUT2D eigenvalue weighted by molar-refractivity contribution is -0.133. The zero-order chi connectivity index (χ0) is 18.9. The van der Waals surface area contributed by atoms with Gasteiger partial charge in [0, 0.05) is 37.8 Å². The van der Waals surface area contributed by atoms with Crippen molar-refractivity contribution in [2.45, 2.75) is 58.9 Å². The third-order valence-electron chi connectivity index (χ3n) is 6.51. The van der Waals surface area contributed by atoms with Crippen LogP contribution < -0.4 is 5.32 Å². The van der Waals surface area contributed by atoms with E-state index in [4.69, 9.17) is 0 Å². The maximum atomic E-state index is 12.8. The van der Waals surface area contributed by atoms with Crippen molar-refractivity contribution in [2.24, 2.45) is 17.3 Å². The van der Waals surface area contributed by atoms with Gasteiger partial charge in [0.25, 0.3) is 0 Å². The van der Waals surface area contributed by atoms with Crippen LogP contribution in [-0.2, 0) is 16.0 Å². The van der Waals surface area contributed by atoms with E-state index in [1.165, 1.54) is 0 Å². The van der Waals surface area contributed by atoms with Crippen molar-refractivity contribution in [3.05, 3.63) is 30.1 Å². The Morgan fingerprint density at radius 1 is 1.31 bits per heavy atom. The van der Waals surface area contributed by atoms with Crippen molar-refractivity contribution in [3.8, 4) is 0 Å². The molecule has 3 atom stereocenters. The first-order valence-electron chi connectivity index (χ1n) is 9.72. The molecule has 1 aromatic rings. The smallest absolute Gasteiger partial charge is 0.226 e. The molecule has 0 aromatic carbocycles. The molecule has 3 rings (SSSR count). The van der Waals surface area contributed by atoms with Crippen molar-refractivity contribution >= 4 is 11.8 Å². The van der Waals surface area contributed by atoms with Crippen LogP contribution in [0, 0.1) is 17.3 Å². The minimum atomic E-state index is -0.311. The largest absolute Gasteiger partial charge is 0.349 e. The highest BCUT2D eigenvalue weighted by Crippen LogP contribution is 2.58. The Hall–Kier alpha value is -1.91. The van der Waals surface area contributed by atoms with Crippen molar-refractivity contribution in [1.82, 2.24) is 15.2 Å². The van der Waals surface area contributed by atoms with Gasteiger partial charge < -0.3 is 10.2 Å². The maximum absolute atomic E-state index is 12.8. The minimum Gasteiger partial charge on any atom is -0.349 e. The van der Waals surface area contributed by atoms with Crippen molar-refractivity contribution in [3.63, 3.8) is 0 Å². The number of nitrogens with one attached hydrogen (secondary N) is 1. The summed E-state index contributed by atoms with van der Waals surface area (Å²) in [7, 11) is 0. The van der Waals surface area contributed by atoms with Gasteiger partial charge in [-0.2, -0.15) is 0 Å². The number of rotatable bonds is 6. The lowest BCUT2D eigenvalue weighted by atomic mass is 9.92. The number of nitrogens with zero attached hydrogens (tertiary/aromatic N) is 2. The summed E-state index contributed by atoms with van der Waals surface area (Å²) in [4.78, 5) is 31.1. The number of hydrogen-bond donors (Lipinski definition) is 1. The summed E-state index contributed by atoms with van der Waals surface area (Å²) < 4.78 is 0. The van der Waals surface area contributed by atoms with Crippen molar-refractivity contribution in [1.29, 1.82) is 0 Å². The van der Waals surface area contributed by atoms with Gasteiger partial charge >= 0.3 is 0 Å². The van der Waals surface area contributed by atoms with Gasteiger partial charge in [0.15, 0.2) is 0 Å². The van der Waals surface area contributed by atoms with Crippen LogP contribution in [0.15, 0.2) is 24.5 Å². The molecule has 1 aliphatic carbocycles. The molecule has 3 unspecified atom stereocenters. The van der Waals surface area contributed by atoms with Gasteiger partial charge in [0.1, 0.15) is 0 Å². The molecule has 2 aliphatic rings. The monoisotopic (exact) mass is 357 g/mol. The molecule has 1 aromatic heterocycles. The number of aromatic nitrogens is 1. The van der Waals surface area contributed by atoms with Gasteiger partial charge in [0.05, 0.1) is 5.54 Å². The molecular formula is C21H31N3O2. The number of pyridine rings is 1. The molecule has 2 amide bonds. The molecule has 1 aliphatic heterocycles. The van der Waals surface area contributed by atoms with E-state index in [9.17, 15) is 9.59 Å². The van der Waals surface area contributed by atoms with Gasteiger partial charge in [-0.25, -0.2) is 0 Å². The Balaban J connectivity index is 1.49. The van der Waals surface area contributed by atoms with Crippen LogP contribution >= 0.6 is 0 Å². The van der Waals surface area contributed by atoms with Gasteiger partial charge in [-0.1, -0.05) is 20.8 Å². The van der Waals surface area contributed by atoms with E-state index in [2.05, 4.69) is 38.0 Å². The highest BCUT2D eigenvalue weighted by molar-refractivity contribution is 5.83. The predicted octanol–water partition coefficient (Wildman–Crippen LogP) is 2.80. The van der Waals surface area contributed by atoms with E-state index in [0.29, 0.717) is 25.3 Å². The molecule has 1 saturated heterocycles. The first kappa shape index (κ1) is 18.9. The standard InChI is InChI=1S/C21H31N3O2/c1-15(2)21(4)13-17(21)19(26)24-12-9-20(3,14-24)23-18(25)6-5-16-7-10-22-11-8-16/h7-8,10-11,15,17H,5-6,9,12-14H2,1-4H3,(H,23,25). The van der Waals surface area contributed by atoms with E-state index in [1.807, 2.05) is 17.0 Å². The number of amides is 2.